The summed E-state index contributed by atoms with van der Waals surface area (Å²) in [6.07, 6.45) is 6.08. The minimum atomic E-state index is 0.0180. The van der Waals surface area contributed by atoms with Gasteiger partial charge in [0, 0.05) is 13.2 Å². The van der Waals surface area contributed by atoms with Gasteiger partial charge in [-0.2, -0.15) is 0 Å². The van der Waals surface area contributed by atoms with Crippen LogP contribution in [0.5, 0.6) is 0 Å². The van der Waals surface area contributed by atoms with E-state index in [1.54, 1.807) is 7.11 Å². The van der Waals surface area contributed by atoms with E-state index < -0.39 is 0 Å². The van der Waals surface area contributed by atoms with Gasteiger partial charge in [0.15, 0.2) is 0 Å². The Labute approximate surface area is 101 Å². The number of nitrogens with one attached hydrogen (secondary N) is 1. The van der Waals surface area contributed by atoms with Gasteiger partial charge < -0.3 is 10.1 Å². The number of rotatable bonds is 3. The third kappa shape index (κ3) is 9.97. The van der Waals surface area contributed by atoms with E-state index >= 15 is 0 Å². The Bertz CT molecular complexity index is 143. The molecule has 0 spiro atoms. The minimum Gasteiger partial charge on any atom is -0.375 e. The van der Waals surface area contributed by atoms with Gasteiger partial charge in [-0.25, -0.2) is 0 Å². The molecule has 3 heteroatoms. The lowest BCUT2D eigenvalue weighted by Gasteiger charge is -2.22. The number of hydrogen-bond acceptors (Lipinski definition) is 2. The second kappa shape index (κ2) is 14.4. The molecule has 1 N–H and O–H groups in total. The van der Waals surface area contributed by atoms with Crippen LogP contribution in [0.2, 0.25) is 0 Å². The Morgan fingerprint density at radius 3 is 2.06 bits per heavy atom. The van der Waals surface area contributed by atoms with E-state index in [9.17, 15) is 4.79 Å². The first kappa shape index (κ1) is 17.8. The predicted octanol–water partition coefficient (Wildman–Crippen LogP) is 3.13. The molecule has 0 bridgehead atoms. The molecule has 0 aromatic rings. The monoisotopic (exact) mass is 231 g/mol. The standard InChI is InChI=1S/C9H17NO2.2C2H6/c1-12-7-9(11)10-8-5-3-2-4-6-8;2*1-2/h8H,2-7H2,1H3,(H,10,11);2*1-2H3. The van der Waals surface area contributed by atoms with Crippen LogP contribution in [0.3, 0.4) is 0 Å². The molecule has 0 atom stereocenters. The van der Waals surface area contributed by atoms with Gasteiger partial charge in [-0.05, 0) is 12.8 Å². The molecule has 1 aliphatic rings. The fraction of sp³-hybridized carbons (Fsp3) is 0.923. The van der Waals surface area contributed by atoms with Gasteiger partial charge >= 0.3 is 0 Å². The Balaban J connectivity index is 0. The zero-order valence-corrected chi connectivity index (χ0v) is 11.6. The van der Waals surface area contributed by atoms with Crippen LogP contribution >= 0.6 is 0 Å². The average Bonchev–Trinajstić information content (AvgIpc) is 2.36. The summed E-state index contributed by atoms with van der Waals surface area (Å²) in [6.45, 7) is 8.19. The van der Waals surface area contributed by atoms with Crippen LogP contribution in [0, 0.1) is 0 Å². The molecule has 16 heavy (non-hydrogen) atoms. The Morgan fingerprint density at radius 2 is 1.62 bits per heavy atom. The fourth-order valence-electron chi connectivity index (χ4n) is 1.65. The molecule has 3 nitrogen and oxygen atoms in total. The molecule has 0 unspecified atom stereocenters. The summed E-state index contributed by atoms with van der Waals surface area (Å²) in [6, 6.07) is 0.404. The van der Waals surface area contributed by atoms with Gasteiger partial charge in [0.1, 0.15) is 6.61 Å². The summed E-state index contributed by atoms with van der Waals surface area (Å²) in [5.41, 5.74) is 0. The molecule has 1 amide bonds. The molecule has 0 heterocycles. The van der Waals surface area contributed by atoms with Crippen LogP contribution in [-0.2, 0) is 9.53 Å². The first-order valence-corrected chi connectivity index (χ1v) is 6.61. The van der Waals surface area contributed by atoms with E-state index in [-0.39, 0.29) is 12.5 Å². The molecule has 0 saturated heterocycles. The molecule has 0 radical (unpaired) electrons. The lowest BCUT2D eigenvalue weighted by atomic mass is 9.95. The maximum Gasteiger partial charge on any atom is 0.246 e. The molecule has 0 aromatic heterocycles. The number of amides is 1. The van der Waals surface area contributed by atoms with Crippen LogP contribution in [0.15, 0.2) is 0 Å². The van der Waals surface area contributed by atoms with Gasteiger partial charge in [-0.1, -0.05) is 47.0 Å². The summed E-state index contributed by atoms with van der Waals surface area (Å²) < 4.78 is 4.73. The van der Waals surface area contributed by atoms with Crippen molar-refractivity contribution in [2.45, 2.75) is 65.8 Å². The highest BCUT2D eigenvalue weighted by atomic mass is 16.5. The van der Waals surface area contributed by atoms with Crippen molar-refractivity contribution >= 4 is 5.91 Å². The van der Waals surface area contributed by atoms with Crippen LogP contribution in [0.25, 0.3) is 0 Å². The first-order chi connectivity index (χ1) is 7.83. The predicted molar refractivity (Wildman–Crippen MR) is 69.6 cm³/mol. The fourth-order valence-corrected chi connectivity index (χ4v) is 1.65. The third-order valence-corrected chi connectivity index (χ3v) is 2.25. The van der Waals surface area contributed by atoms with E-state index in [1.807, 2.05) is 27.7 Å². The highest BCUT2D eigenvalue weighted by Crippen LogP contribution is 2.16. The zero-order chi connectivity index (χ0) is 12.8. The summed E-state index contributed by atoms with van der Waals surface area (Å²) in [4.78, 5) is 11.1. The van der Waals surface area contributed by atoms with Gasteiger partial charge in [0.25, 0.3) is 0 Å². The van der Waals surface area contributed by atoms with Crippen molar-refractivity contribution in [3.63, 3.8) is 0 Å². The average molecular weight is 231 g/mol. The molecule has 1 aliphatic carbocycles. The van der Waals surface area contributed by atoms with Crippen molar-refractivity contribution in [1.82, 2.24) is 5.32 Å². The summed E-state index contributed by atoms with van der Waals surface area (Å²) in [5, 5.41) is 2.96. The SMILES string of the molecule is CC.CC.COCC(=O)NC1CCCCC1. The van der Waals surface area contributed by atoms with Crippen LogP contribution in [-0.4, -0.2) is 25.7 Å². The molecule has 1 fully saturated rings. The van der Waals surface area contributed by atoms with E-state index in [0.29, 0.717) is 6.04 Å². The Hall–Kier alpha value is -0.570. The van der Waals surface area contributed by atoms with Crippen molar-refractivity contribution in [3.05, 3.63) is 0 Å². The summed E-state index contributed by atoms with van der Waals surface area (Å²) >= 11 is 0. The van der Waals surface area contributed by atoms with Gasteiger partial charge in [0.2, 0.25) is 5.91 Å². The Morgan fingerprint density at radius 1 is 1.12 bits per heavy atom. The molecule has 1 saturated carbocycles. The zero-order valence-electron chi connectivity index (χ0n) is 11.6. The Kier molecular flexibility index (Phi) is 16.1. The van der Waals surface area contributed by atoms with Crippen molar-refractivity contribution < 1.29 is 9.53 Å². The van der Waals surface area contributed by atoms with Crippen molar-refractivity contribution in [3.8, 4) is 0 Å². The number of ether oxygens (including phenoxy) is 1. The molecule has 98 valence electrons. The highest BCUT2D eigenvalue weighted by Gasteiger charge is 2.14. The first-order valence-electron chi connectivity index (χ1n) is 6.61. The third-order valence-electron chi connectivity index (χ3n) is 2.25. The molecule has 0 aromatic carbocycles. The number of carbonyl (C=O) groups excluding carboxylic acids is 1. The molecule has 1 rings (SSSR count). The van der Waals surface area contributed by atoms with Crippen LogP contribution in [0.1, 0.15) is 59.8 Å². The molecular weight excluding hydrogens is 202 g/mol. The summed E-state index contributed by atoms with van der Waals surface area (Å²) in [7, 11) is 1.54. The maximum atomic E-state index is 11.1. The van der Waals surface area contributed by atoms with Crippen LogP contribution in [0.4, 0.5) is 0 Å². The normalized spacial score (nSPS) is 15.1. The van der Waals surface area contributed by atoms with Crippen LogP contribution < -0.4 is 5.32 Å². The summed E-state index contributed by atoms with van der Waals surface area (Å²) in [5.74, 6) is 0.0180. The number of methoxy groups -OCH3 is 1. The van der Waals surface area contributed by atoms with Gasteiger partial charge in [-0.15, -0.1) is 0 Å². The van der Waals surface area contributed by atoms with Crippen molar-refractivity contribution in [2.75, 3.05) is 13.7 Å². The van der Waals surface area contributed by atoms with E-state index in [0.717, 1.165) is 12.8 Å². The lowest BCUT2D eigenvalue weighted by molar-refractivity contribution is -0.125. The van der Waals surface area contributed by atoms with E-state index in [2.05, 4.69) is 5.32 Å². The van der Waals surface area contributed by atoms with E-state index in [4.69, 9.17) is 4.74 Å². The molecular formula is C13H29NO2. The smallest absolute Gasteiger partial charge is 0.246 e. The maximum absolute atomic E-state index is 11.1. The topological polar surface area (TPSA) is 38.3 Å². The lowest BCUT2D eigenvalue weighted by Crippen LogP contribution is -2.38. The van der Waals surface area contributed by atoms with E-state index in [1.165, 1.54) is 19.3 Å². The number of carbonyl (C=O) groups is 1. The minimum absolute atomic E-state index is 0.0180. The van der Waals surface area contributed by atoms with Crippen molar-refractivity contribution in [1.29, 1.82) is 0 Å². The van der Waals surface area contributed by atoms with Gasteiger partial charge in [-0.3, -0.25) is 4.79 Å². The second-order valence-corrected chi connectivity index (χ2v) is 3.34. The highest BCUT2D eigenvalue weighted by molar-refractivity contribution is 5.77. The largest absolute Gasteiger partial charge is 0.375 e. The van der Waals surface area contributed by atoms with Crippen molar-refractivity contribution in [2.24, 2.45) is 0 Å². The molecule has 0 aliphatic heterocycles. The van der Waals surface area contributed by atoms with Gasteiger partial charge in [0.05, 0.1) is 0 Å². The number of hydrogen-bond donors (Lipinski definition) is 1. The quantitative estimate of drug-likeness (QED) is 0.810. The second-order valence-electron chi connectivity index (χ2n) is 3.34.